The summed E-state index contributed by atoms with van der Waals surface area (Å²) in [5, 5.41) is 17.4. The molecule has 0 bridgehead atoms. The van der Waals surface area contributed by atoms with Crippen molar-refractivity contribution in [1.29, 1.82) is 0 Å². The number of piperidine rings is 1. The third kappa shape index (κ3) is 5.92. The molecule has 3 amide bonds. The first-order valence-corrected chi connectivity index (χ1v) is 11.2. The van der Waals surface area contributed by atoms with Crippen molar-refractivity contribution in [3.05, 3.63) is 34.9 Å². The van der Waals surface area contributed by atoms with Crippen molar-refractivity contribution in [1.82, 2.24) is 15.5 Å². The Morgan fingerprint density at radius 2 is 1.84 bits per heavy atom. The second kappa shape index (κ2) is 10.5. The highest BCUT2D eigenvalue weighted by atomic mass is 35.5. The van der Waals surface area contributed by atoms with Crippen LogP contribution in [0.2, 0.25) is 5.02 Å². The zero-order chi connectivity index (χ0) is 24.1. The van der Waals surface area contributed by atoms with Gasteiger partial charge < -0.3 is 25.4 Å². The number of amides is 3. The number of likely N-dealkylation sites (tertiary alicyclic amines) is 1. The number of hydrogen-bond acceptors (Lipinski definition) is 5. The Morgan fingerprint density at radius 1 is 1.22 bits per heavy atom. The maximum atomic E-state index is 13.1. The Morgan fingerprint density at radius 3 is 2.41 bits per heavy atom. The molecule has 8 nitrogen and oxygen atoms in total. The van der Waals surface area contributed by atoms with Crippen molar-refractivity contribution in [2.45, 2.75) is 52.2 Å². The normalized spacial score (nSPS) is 21.9. The van der Waals surface area contributed by atoms with Crippen molar-refractivity contribution in [2.24, 2.45) is 11.3 Å². The fraction of sp³-hybridized carbons (Fsp3) is 0.609. The molecule has 1 saturated heterocycles. The van der Waals surface area contributed by atoms with Gasteiger partial charge in [0, 0.05) is 42.5 Å². The number of benzene rings is 1. The largest absolute Gasteiger partial charge is 0.453 e. The summed E-state index contributed by atoms with van der Waals surface area (Å²) in [5.74, 6) is -0.772. The number of carbonyl (C=O) groups is 3. The molecule has 2 rings (SSSR count). The number of nitrogens with zero attached hydrogens (tertiary/aromatic N) is 1. The van der Waals surface area contributed by atoms with E-state index in [0.29, 0.717) is 24.5 Å². The van der Waals surface area contributed by atoms with Crippen LogP contribution in [-0.4, -0.2) is 60.7 Å². The molecule has 1 heterocycles. The van der Waals surface area contributed by atoms with E-state index in [1.165, 1.54) is 7.11 Å². The molecule has 1 aromatic carbocycles. The highest BCUT2D eigenvalue weighted by molar-refractivity contribution is 6.30. The van der Waals surface area contributed by atoms with Crippen LogP contribution in [0.3, 0.4) is 0 Å². The monoisotopic (exact) mass is 467 g/mol. The van der Waals surface area contributed by atoms with Crippen molar-refractivity contribution in [3.8, 4) is 0 Å². The maximum Gasteiger partial charge on any atom is 0.406 e. The van der Waals surface area contributed by atoms with Gasteiger partial charge in [0.25, 0.3) is 0 Å². The van der Waals surface area contributed by atoms with Gasteiger partial charge in [0.1, 0.15) is 0 Å². The van der Waals surface area contributed by atoms with E-state index in [4.69, 9.17) is 11.6 Å². The molecule has 0 aromatic heterocycles. The van der Waals surface area contributed by atoms with Crippen molar-refractivity contribution < 1.29 is 24.2 Å². The summed E-state index contributed by atoms with van der Waals surface area (Å²) in [6.45, 7) is 8.42. The summed E-state index contributed by atoms with van der Waals surface area (Å²) in [7, 11) is 1.25. The van der Waals surface area contributed by atoms with Gasteiger partial charge in [-0.3, -0.25) is 9.59 Å². The van der Waals surface area contributed by atoms with Gasteiger partial charge >= 0.3 is 6.09 Å². The summed E-state index contributed by atoms with van der Waals surface area (Å²) < 4.78 is 4.46. The van der Waals surface area contributed by atoms with Crippen LogP contribution in [0.25, 0.3) is 0 Å². The van der Waals surface area contributed by atoms with Crippen LogP contribution in [0.1, 0.15) is 46.1 Å². The summed E-state index contributed by atoms with van der Waals surface area (Å²) in [4.78, 5) is 38.1. The molecule has 3 atom stereocenters. The van der Waals surface area contributed by atoms with E-state index >= 15 is 0 Å². The Bertz CT molecular complexity index is 829. The molecule has 1 fully saturated rings. The number of hydrogen-bond donors (Lipinski definition) is 3. The van der Waals surface area contributed by atoms with Crippen LogP contribution in [0, 0.1) is 11.3 Å². The number of carbonyl (C=O) groups excluding carboxylic acids is 3. The van der Waals surface area contributed by atoms with Crippen LogP contribution in [0.5, 0.6) is 0 Å². The number of aliphatic hydroxyl groups is 1. The summed E-state index contributed by atoms with van der Waals surface area (Å²) in [5.41, 5.74) is -0.877. The topological polar surface area (TPSA) is 108 Å². The van der Waals surface area contributed by atoms with Crippen molar-refractivity contribution in [2.75, 3.05) is 26.7 Å². The predicted octanol–water partition coefficient (Wildman–Crippen LogP) is 2.67. The molecule has 0 spiro atoms. The Labute approximate surface area is 194 Å². The van der Waals surface area contributed by atoms with E-state index in [-0.39, 0.29) is 30.8 Å². The van der Waals surface area contributed by atoms with Crippen LogP contribution >= 0.6 is 11.6 Å². The first-order chi connectivity index (χ1) is 14.9. The molecule has 1 aromatic rings. The average Bonchev–Trinajstić information content (AvgIpc) is 2.74. The van der Waals surface area contributed by atoms with Crippen LogP contribution < -0.4 is 10.6 Å². The average molecular weight is 468 g/mol. The summed E-state index contributed by atoms with van der Waals surface area (Å²) in [6, 6.07) is 6.80. The van der Waals surface area contributed by atoms with Crippen LogP contribution in [-0.2, 0) is 19.9 Å². The third-order valence-corrected chi connectivity index (χ3v) is 6.67. The minimum atomic E-state index is -1.08. The number of ether oxygens (including phenoxy) is 1. The van der Waals surface area contributed by atoms with Gasteiger partial charge in [0.15, 0.2) is 0 Å². The lowest BCUT2D eigenvalue weighted by molar-refractivity contribution is -0.156. The molecule has 32 heavy (non-hydrogen) atoms. The molecule has 0 radical (unpaired) electrons. The van der Waals surface area contributed by atoms with Gasteiger partial charge in [-0.1, -0.05) is 44.5 Å². The van der Waals surface area contributed by atoms with Crippen LogP contribution in [0.15, 0.2) is 24.3 Å². The maximum absolute atomic E-state index is 13.1. The highest BCUT2D eigenvalue weighted by Gasteiger charge is 2.50. The van der Waals surface area contributed by atoms with E-state index in [2.05, 4.69) is 15.4 Å². The van der Waals surface area contributed by atoms with Gasteiger partial charge in [0.05, 0.1) is 18.6 Å². The fourth-order valence-electron chi connectivity index (χ4n) is 4.07. The molecular formula is C23H34ClN3O5. The van der Waals surface area contributed by atoms with Gasteiger partial charge in [0.2, 0.25) is 11.8 Å². The van der Waals surface area contributed by atoms with E-state index in [0.717, 1.165) is 5.56 Å². The smallest absolute Gasteiger partial charge is 0.406 e. The Hall–Kier alpha value is -2.32. The minimum absolute atomic E-state index is 0.0725. The Kier molecular flexibility index (Phi) is 8.54. The lowest BCUT2D eigenvalue weighted by Crippen LogP contribution is -2.58. The fourth-order valence-corrected chi connectivity index (χ4v) is 4.20. The second-order valence-corrected chi connectivity index (χ2v) is 9.51. The molecular weight excluding hydrogens is 434 g/mol. The molecule has 178 valence electrons. The van der Waals surface area contributed by atoms with Gasteiger partial charge in [-0.15, -0.1) is 0 Å². The summed E-state index contributed by atoms with van der Waals surface area (Å²) >= 11 is 5.99. The number of alkyl carbamates (subject to hydrolysis) is 1. The van der Waals surface area contributed by atoms with Crippen molar-refractivity contribution in [3.63, 3.8) is 0 Å². The first-order valence-electron chi connectivity index (χ1n) is 10.8. The molecule has 1 unspecified atom stereocenters. The Balaban J connectivity index is 1.96. The third-order valence-electron chi connectivity index (χ3n) is 6.42. The molecule has 1 aliphatic rings. The van der Waals surface area contributed by atoms with E-state index < -0.39 is 23.0 Å². The number of nitrogens with one attached hydrogen (secondary N) is 2. The van der Waals surface area contributed by atoms with Gasteiger partial charge in [-0.05, 0) is 31.0 Å². The molecule has 9 heteroatoms. The number of methoxy groups -OCH3 is 1. The molecule has 3 N–H and O–H groups in total. The lowest BCUT2D eigenvalue weighted by Gasteiger charge is -2.51. The zero-order valence-electron chi connectivity index (χ0n) is 19.4. The standard InChI is InChI=1S/C23H34ClN3O5/c1-15(16(2)26-19(28)10-12-25-21(30)32-5)20(29)27-13-11-23(31,22(3,4)14-27)17-6-8-18(24)9-7-17/h6-9,15-16,31H,10-14H2,1-5H3,(H,25,30)(H,26,28)/t15-,16?,23+/m1/s1. The van der Waals surface area contributed by atoms with Crippen LogP contribution in [0.4, 0.5) is 4.79 Å². The van der Waals surface area contributed by atoms with E-state index in [1.807, 2.05) is 26.0 Å². The SMILES string of the molecule is COC(=O)NCCC(=O)NC(C)[C@@H](C)C(=O)N1CC[C@](O)(c2ccc(Cl)cc2)C(C)(C)C1. The molecule has 0 aliphatic carbocycles. The van der Waals surface area contributed by atoms with Crippen molar-refractivity contribution >= 4 is 29.5 Å². The van der Waals surface area contributed by atoms with Gasteiger partial charge in [-0.25, -0.2) is 4.79 Å². The number of halogens is 1. The quantitative estimate of drug-likeness (QED) is 0.571. The highest BCUT2D eigenvalue weighted by Crippen LogP contribution is 2.46. The van der Waals surface area contributed by atoms with Gasteiger partial charge in [-0.2, -0.15) is 0 Å². The molecule has 0 saturated carbocycles. The van der Waals surface area contributed by atoms with E-state index in [1.54, 1.807) is 30.9 Å². The second-order valence-electron chi connectivity index (χ2n) is 9.07. The minimum Gasteiger partial charge on any atom is -0.453 e. The lowest BCUT2D eigenvalue weighted by atomic mass is 9.66. The van der Waals surface area contributed by atoms with E-state index in [9.17, 15) is 19.5 Å². The predicted molar refractivity (Wildman–Crippen MR) is 122 cm³/mol. The first kappa shape index (κ1) is 25.9. The zero-order valence-corrected chi connectivity index (χ0v) is 20.2. The number of rotatable bonds is 7. The summed E-state index contributed by atoms with van der Waals surface area (Å²) in [6.07, 6.45) is -0.105. The molecule has 1 aliphatic heterocycles.